The van der Waals surface area contributed by atoms with E-state index in [1.54, 1.807) is 12.1 Å². The topological polar surface area (TPSA) is 97.1 Å². The van der Waals surface area contributed by atoms with Gasteiger partial charge in [0.2, 0.25) is 11.8 Å². The van der Waals surface area contributed by atoms with E-state index in [1.165, 1.54) is 0 Å². The Hall–Kier alpha value is -2.98. The van der Waals surface area contributed by atoms with Crippen molar-refractivity contribution >= 4 is 35.2 Å². The number of aromatic nitrogens is 2. The van der Waals surface area contributed by atoms with E-state index in [0.29, 0.717) is 5.02 Å². The van der Waals surface area contributed by atoms with Crippen molar-refractivity contribution < 1.29 is 22.8 Å². The number of amides is 2. The van der Waals surface area contributed by atoms with E-state index in [2.05, 4.69) is 20.8 Å². The van der Waals surface area contributed by atoms with E-state index < -0.39 is 23.1 Å². The van der Waals surface area contributed by atoms with Crippen molar-refractivity contribution in [2.45, 2.75) is 18.3 Å². The van der Waals surface area contributed by atoms with Gasteiger partial charge < -0.3 is 15.1 Å². The molecule has 30 heavy (non-hydrogen) atoms. The Morgan fingerprint density at radius 2 is 1.73 bits per heavy atom. The second-order valence-corrected chi connectivity index (χ2v) is 7.23. The van der Waals surface area contributed by atoms with Gasteiger partial charge in [-0.2, -0.15) is 0 Å². The van der Waals surface area contributed by atoms with E-state index in [4.69, 9.17) is 16.0 Å². The maximum atomic E-state index is 13.6. The summed E-state index contributed by atoms with van der Waals surface area (Å²) in [6, 6.07) is 10.3. The maximum absolute atomic E-state index is 13.6. The van der Waals surface area contributed by atoms with E-state index in [9.17, 15) is 18.4 Å². The minimum Gasteiger partial charge on any atom is -0.414 e. The summed E-state index contributed by atoms with van der Waals surface area (Å²) in [5, 5.41) is 13.2. The van der Waals surface area contributed by atoms with Crippen LogP contribution in [0, 0.1) is 11.6 Å². The van der Waals surface area contributed by atoms with Crippen molar-refractivity contribution in [1.82, 2.24) is 20.8 Å². The first kappa shape index (κ1) is 21.7. The average molecular weight is 453 g/mol. The van der Waals surface area contributed by atoms with Gasteiger partial charge in [0.15, 0.2) is 0 Å². The number of halogens is 3. The Kier molecular flexibility index (Phi) is 7.36. The highest BCUT2D eigenvalue weighted by Crippen LogP contribution is 2.17. The summed E-state index contributed by atoms with van der Waals surface area (Å²) < 4.78 is 32.5. The molecular weight excluding hydrogens is 438 g/mol. The van der Waals surface area contributed by atoms with Crippen LogP contribution in [0.15, 0.2) is 52.1 Å². The van der Waals surface area contributed by atoms with Crippen molar-refractivity contribution in [3.05, 3.63) is 76.1 Å². The van der Waals surface area contributed by atoms with Gasteiger partial charge in [-0.15, -0.1) is 10.2 Å². The molecule has 0 saturated carbocycles. The number of carbonyl (C=O) groups excluding carboxylic acids is 2. The smallest absolute Gasteiger partial charge is 0.277 e. The highest BCUT2D eigenvalue weighted by atomic mass is 35.5. The molecule has 156 valence electrons. The lowest BCUT2D eigenvalue weighted by Crippen LogP contribution is -2.25. The summed E-state index contributed by atoms with van der Waals surface area (Å²) in [7, 11) is 0. The molecule has 0 fully saturated rings. The fourth-order valence-corrected chi connectivity index (χ4v) is 3.15. The van der Waals surface area contributed by atoms with E-state index >= 15 is 0 Å². The third-order valence-corrected chi connectivity index (χ3v) is 4.99. The average Bonchev–Trinajstić information content (AvgIpc) is 3.18. The van der Waals surface area contributed by atoms with Crippen LogP contribution in [0.25, 0.3) is 0 Å². The standard InChI is InChI=1S/C19H15ClF2N4O3S/c20-12-5-2-1-4-11(12)8-23-15(27)10-30-19-26-25-16(29-19)9-24-18(28)17-13(21)6-3-7-14(17)22/h1-7H,8-10H2,(H,23,27)(H,24,28). The number of hydrogen-bond donors (Lipinski definition) is 2. The summed E-state index contributed by atoms with van der Waals surface area (Å²) >= 11 is 7.04. The van der Waals surface area contributed by atoms with Gasteiger partial charge in [0.1, 0.15) is 17.2 Å². The molecule has 3 aromatic rings. The Morgan fingerprint density at radius 3 is 2.47 bits per heavy atom. The highest BCUT2D eigenvalue weighted by molar-refractivity contribution is 7.99. The first-order chi connectivity index (χ1) is 14.4. The molecule has 0 saturated heterocycles. The van der Waals surface area contributed by atoms with Crippen LogP contribution < -0.4 is 10.6 Å². The number of rotatable bonds is 8. The van der Waals surface area contributed by atoms with Crippen molar-refractivity contribution in [3.63, 3.8) is 0 Å². The van der Waals surface area contributed by atoms with E-state index in [-0.39, 0.29) is 35.9 Å². The molecule has 0 unspecified atom stereocenters. The molecule has 11 heteroatoms. The van der Waals surface area contributed by atoms with Gasteiger partial charge in [-0.25, -0.2) is 8.78 Å². The molecular formula is C19H15ClF2N4O3S. The van der Waals surface area contributed by atoms with Gasteiger partial charge in [0, 0.05) is 11.6 Å². The Bertz CT molecular complexity index is 1040. The second kappa shape index (κ2) is 10.2. The van der Waals surface area contributed by atoms with Crippen LogP contribution in [0.5, 0.6) is 0 Å². The molecule has 0 atom stereocenters. The summed E-state index contributed by atoms with van der Waals surface area (Å²) in [5.41, 5.74) is 0.0985. The van der Waals surface area contributed by atoms with Crippen molar-refractivity contribution in [1.29, 1.82) is 0 Å². The molecule has 0 bridgehead atoms. The molecule has 1 heterocycles. The van der Waals surface area contributed by atoms with Gasteiger partial charge in [-0.05, 0) is 23.8 Å². The van der Waals surface area contributed by atoms with Crippen LogP contribution >= 0.6 is 23.4 Å². The van der Waals surface area contributed by atoms with Crippen LogP contribution in [-0.4, -0.2) is 27.8 Å². The highest BCUT2D eigenvalue weighted by Gasteiger charge is 2.18. The maximum Gasteiger partial charge on any atom is 0.277 e. The third kappa shape index (κ3) is 5.77. The zero-order valence-corrected chi connectivity index (χ0v) is 16.9. The Labute approximate surface area is 179 Å². The Balaban J connectivity index is 1.45. The monoisotopic (exact) mass is 452 g/mol. The van der Waals surface area contributed by atoms with Gasteiger partial charge in [0.25, 0.3) is 11.1 Å². The molecule has 2 N–H and O–H groups in total. The molecule has 0 aliphatic heterocycles. The molecule has 7 nitrogen and oxygen atoms in total. The van der Waals surface area contributed by atoms with E-state index in [0.717, 1.165) is 35.5 Å². The van der Waals surface area contributed by atoms with Gasteiger partial charge >= 0.3 is 0 Å². The van der Waals surface area contributed by atoms with E-state index in [1.807, 2.05) is 12.1 Å². The number of nitrogens with zero attached hydrogens (tertiary/aromatic N) is 2. The molecule has 0 aliphatic rings. The molecule has 0 spiro atoms. The number of hydrogen-bond acceptors (Lipinski definition) is 6. The lowest BCUT2D eigenvalue weighted by Gasteiger charge is -2.06. The zero-order valence-electron chi connectivity index (χ0n) is 15.3. The molecule has 0 aliphatic carbocycles. The Morgan fingerprint density at radius 1 is 1.00 bits per heavy atom. The molecule has 2 aromatic carbocycles. The number of carbonyl (C=O) groups is 2. The predicted octanol–water partition coefficient (Wildman–Crippen LogP) is 3.34. The second-order valence-electron chi connectivity index (χ2n) is 5.90. The number of nitrogens with one attached hydrogen (secondary N) is 2. The normalized spacial score (nSPS) is 10.6. The van der Waals surface area contributed by atoms with Crippen molar-refractivity contribution in [2.75, 3.05) is 5.75 Å². The fourth-order valence-electron chi connectivity index (χ4n) is 2.34. The van der Waals surface area contributed by atoms with Crippen LogP contribution in [-0.2, 0) is 17.9 Å². The zero-order chi connectivity index (χ0) is 21.5. The van der Waals surface area contributed by atoms with Crippen molar-refractivity contribution in [3.8, 4) is 0 Å². The molecule has 0 radical (unpaired) electrons. The lowest BCUT2D eigenvalue weighted by atomic mass is 10.2. The first-order valence-electron chi connectivity index (χ1n) is 8.61. The number of benzene rings is 2. The van der Waals surface area contributed by atoms with Crippen LogP contribution in [0.1, 0.15) is 21.8 Å². The predicted molar refractivity (Wildman–Crippen MR) is 106 cm³/mol. The third-order valence-electron chi connectivity index (χ3n) is 3.80. The van der Waals surface area contributed by atoms with Gasteiger partial charge in [-0.3, -0.25) is 9.59 Å². The van der Waals surface area contributed by atoms with Crippen LogP contribution in [0.3, 0.4) is 0 Å². The first-order valence-corrected chi connectivity index (χ1v) is 9.98. The summed E-state index contributed by atoms with van der Waals surface area (Å²) in [4.78, 5) is 23.9. The van der Waals surface area contributed by atoms with Crippen LogP contribution in [0.2, 0.25) is 5.02 Å². The lowest BCUT2D eigenvalue weighted by molar-refractivity contribution is -0.118. The van der Waals surface area contributed by atoms with Gasteiger partial charge in [-0.1, -0.05) is 47.6 Å². The summed E-state index contributed by atoms with van der Waals surface area (Å²) in [5.74, 6) is -3.10. The minimum atomic E-state index is -0.975. The van der Waals surface area contributed by atoms with Crippen LogP contribution in [0.4, 0.5) is 8.78 Å². The summed E-state index contributed by atoms with van der Waals surface area (Å²) in [6.07, 6.45) is 0. The quantitative estimate of drug-likeness (QED) is 0.509. The molecule has 3 rings (SSSR count). The molecule has 2 amide bonds. The number of thioether (sulfide) groups is 1. The largest absolute Gasteiger partial charge is 0.414 e. The fraction of sp³-hybridized carbons (Fsp3) is 0.158. The van der Waals surface area contributed by atoms with Crippen molar-refractivity contribution in [2.24, 2.45) is 0 Å². The SMILES string of the molecule is O=C(CSc1nnc(CNC(=O)c2c(F)cccc2F)o1)NCc1ccccc1Cl. The van der Waals surface area contributed by atoms with Gasteiger partial charge in [0.05, 0.1) is 12.3 Å². The minimum absolute atomic E-state index is 0.0267. The molecule has 1 aromatic heterocycles. The summed E-state index contributed by atoms with van der Waals surface area (Å²) in [6.45, 7) is 0.0612.